The third-order valence-electron chi connectivity index (χ3n) is 2.87. The van der Waals surface area contributed by atoms with E-state index >= 15 is 0 Å². The molecule has 2 aromatic carbocycles. The van der Waals surface area contributed by atoms with Gasteiger partial charge in [-0.3, -0.25) is 0 Å². The highest BCUT2D eigenvalue weighted by Gasteiger charge is 1.96. The minimum absolute atomic E-state index is 0.658. The number of hydrogen-bond donors (Lipinski definition) is 0. The van der Waals surface area contributed by atoms with Gasteiger partial charge in [-0.1, -0.05) is 29.8 Å². The molecule has 0 unspecified atom stereocenters. The fourth-order valence-corrected chi connectivity index (χ4v) is 2.49. The topological polar surface area (TPSA) is 33.0 Å². The highest BCUT2D eigenvalue weighted by atomic mass is 32.2. The average molecular weight is 283 g/mol. The molecule has 0 amide bonds. The maximum Gasteiger partial charge on any atom is 0.119 e. The SMILES string of the molecule is Cc1ccc(CSCCOc2ccc(C#N)cc2)cc1. The van der Waals surface area contributed by atoms with Gasteiger partial charge in [0.05, 0.1) is 18.2 Å². The first-order valence-corrected chi connectivity index (χ1v) is 7.69. The van der Waals surface area contributed by atoms with E-state index in [9.17, 15) is 0 Å². The van der Waals surface area contributed by atoms with E-state index in [1.54, 1.807) is 12.1 Å². The van der Waals surface area contributed by atoms with E-state index in [1.807, 2.05) is 23.9 Å². The van der Waals surface area contributed by atoms with Crippen LogP contribution in [0.3, 0.4) is 0 Å². The van der Waals surface area contributed by atoms with Gasteiger partial charge >= 0.3 is 0 Å². The summed E-state index contributed by atoms with van der Waals surface area (Å²) in [5.41, 5.74) is 3.30. The van der Waals surface area contributed by atoms with Crippen LogP contribution in [0, 0.1) is 18.3 Å². The molecule has 0 aliphatic carbocycles. The minimum atomic E-state index is 0.658. The van der Waals surface area contributed by atoms with Crippen molar-refractivity contribution in [2.75, 3.05) is 12.4 Å². The van der Waals surface area contributed by atoms with E-state index < -0.39 is 0 Å². The van der Waals surface area contributed by atoms with Gasteiger partial charge in [0.2, 0.25) is 0 Å². The summed E-state index contributed by atoms with van der Waals surface area (Å²) in [5.74, 6) is 2.78. The number of nitrogens with zero attached hydrogens (tertiary/aromatic N) is 1. The van der Waals surface area contributed by atoms with Crippen LogP contribution in [0.25, 0.3) is 0 Å². The molecule has 0 fully saturated rings. The van der Waals surface area contributed by atoms with E-state index in [2.05, 4.69) is 37.3 Å². The summed E-state index contributed by atoms with van der Waals surface area (Å²) in [5, 5.41) is 8.71. The first kappa shape index (κ1) is 14.5. The van der Waals surface area contributed by atoms with Gasteiger partial charge in [0.25, 0.3) is 0 Å². The quantitative estimate of drug-likeness (QED) is 0.746. The fraction of sp³-hybridized carbons (Fsp3) is 0.235. The van der Waals surface area contributed by atoms with Crippen LogP contribution in [0.2, 0.25) is 0 Å². The van der Waals surface area contributed by atoms with Crippen LogP contribution < -0.4 is 4.74 Å². The molecule has 0 atom stereocenters. The highest BCUT2D eigenvalue weighted by Crippen LogP contribution is 2.15. The Morgan fingerprint density at radius 3 is 2.40 bits per heavy atom. The fourth-order valence-electron chi connectivity index (χ4n) is 1.72. The Kier molecular flexibility index (Phi) is 5.52. The molecule has 0 saturated heterocycles. The second-order valence-electron chi connectivity index (χ2n) is 4.52. The lowest BCUT2D eigenvalue weighted by Crippen LogP contribution is -2.00. The van der Waals surface area contributed by atoms with Gasteiger partial charge in [-0.05, 0) is 36.8 Å². The lowest BCUT2D eigenvalue weighted by molar-refractivity contribution is 0.344. The van der Waals surface area contributed by atoms with Gasteiger partial charge in [0.1, 0.15) is 5.75 Å². The zero-order valence-electron chi connectivity index (χ0n) is 11.5. The second-order valence-corrected chi connectivity index (χ2v) is 5.63. The third kappa shape index (κ3) is 4.64. The van der Waals surface area contributed by atoms with Gasteiger partial charge in [-0.25, -0.2) is 0 Å². The molecule has 0 aliphatic heterocycles. The molecule has 0 saturated carbocycles. The van der Waals surface area contributed by atoms with Crippen LogP contribution in [-0.4, -0.2) is 12.4 Å². The summed E-state index contributed by atoms with van der Waals surface area (Å²) in [6.45, 7) is 2.78. The average Bonchev–Trinajstić information content (AvgIpc) is 2.49. The summed E-state index contributed by atoms with van der Waals surface area (Å²) in [6.07, 6.45) is 0. The molecule has 2 nitrogen and oxygen atoms in total. The Morgan fingerprint density at radius 2 is 1.75 bits per heavy atom. The van der Waals surface area contributed by atoms with Gasteiger partial charge in [-0.15, -0.1) is 0 Å². The van der Waals surface area contributed by atoms with E-state index in [4.69, 9.17) is 10.00 Å². The Hall–Kier alpha value is -1.92. The number of ether oxygens (including phenoxy) is 1. The zero-order valence-corrected chi connectivity index (χ0v) is 12.3. The van der Waals surface area contributed by atoms with Crippen LogP contribution in [0.5, 0.6) is 5.75 Å². The van der Waals surface area contributed by atoms with Crippen molar-refractivity contribution in [2.24, 2.45) is 0 Å². The Morgan fingerprint density at radius 1 is 1.05 bits per heavy atom. The maximum absolute atomic E-state index is 8.71. The van der Waals surface area contributed by atoms with Crippen molar-refractivity contribution < 1.29 is 4.74 Å². The van der Waals surface area contributed by atoms with Crippen molar-refractivity contribution in [2.45, 2.75) is 12.7 Å². The molecule has 0 aromatic heterocycles. The third-order valence-corrected chi connectivity index (χ3v) is 3.86. The van der Waals surface area contributed by atoms with Crippen LogP contribution in [0.15, 0.2) is 48.5 Å². The van der Waals surface area contributed by atoms with Gasteiger partial charge in [0.15, 0.2) is 0 Å². The van der Waals surface area contributed by atoms with Crippen LogP contribution in [-0.2, 0) is 5.75 Å². The largest absolute Gasteiger partial charge is 0.493 e. The summed E-state index contributed by atoms with van der Waals surface area (Å²) >= 11 is 1.86. The predicted octanol–water partition coefficient (Wildman–Crippen LogP) is 4.18. The minimum Gasteiger partial charge on any atom is -0.493 e. The smallest absolute Gasteiger partial charge is 0.119 e. The molecule has 20 heavy (non-hydrogen) atoms. The summed E-state index contributed by atoms with van der Waals surface area (Å²) in [6, 6.07) is 17.9. The standard InChI is InChI=1S/C17H17NOS/c1-14-2-4-16(5-3-14)13-20-11-10-19-17-8-6-15(12-18)7-9-17/h2-9H,10-11,13H2,1H3. The van der Waals surface area contributed by atoms with Gasteiger partial charge in [-0.2, -0.15) is 17.0 Å². The molecule has 0 aliphatic rings. The number of rotatable bonds is 6. The van der Waals surface area contributed by atoms with Crippen molar-refractivity contribution in [3.8, 4) is 11.8 Å². The molecule has 0 radical (unpaired) electrons. The van der Waals surface area contributed by atoms with Crippen molar-refractivity contribution >= 4 is 11.8 Å². The number of thioether (sulfide) groups is 1. The van der Waals surface area contributed by atoms with E-state index in [0.717, 1.165) is 17.3 Å². The van der Waals surface area contributed by atoms with Crippen LogP contribution in [0.4, 0.5) is 0 Å². The highest BCUT2D eigenvalue weighted by molar-refractivity contribution is 7.98. The maximum atomic E-state index is 8.71. The molecule has 2 aromatic rings. The Balaban J connectivity index is 1.66. The van der Waals surface area contributed by atoms with Crippen molar-refractivity contribution in [3.05, 3.63) is 65.2 Å². The zero-order chi connectivity index (χ0) is 14.2. The molecule has 0 spiro atoms. The van der Waals surface area contributed by atoms with Crippen LogP contribution >= 0.6 is 11.8 Å². The number of nitriles is 1. The summed E-state index contributed by atoms with van der Waals surface area (Å²) < 4.78 is 5.63. The van der Waals surface area contributed by atoms with E-state index in [1.165, 1.54) is 11.1 Å². The molecule has 0 N–H and O–H groups in total. The molecule has 0 heterocycles. The van der Waals surface area contributed by atoms with Crippen molar-refractivity contribution in [3.63, 3.8) is 0 Å². The lowest BCUT2D eigenvalue weighted by Gasteiger charge is -2.06. The second kappa shape index (κ2) is 7.62. The number of benzene rings is 2. The normalized spacial score (nSPS) is 10.0. The number of aryl methyl sites for hydroxylation is 1. The molecule has 0 bridgehead atoms. The Labute approximate surface area is 124 Å². The van der Waals surface area contributed by atoms with Gasteiger partial charge < -0.3 is 4.74 Å². The molecular weight excluding hydrogens is 266 g/mol. The van der Waals surface area contributed by atoms with E-state index in [0.29, 0.717) is 12.2 Å². The summed E-state index contributed by atoms with van der Waals surface area (Å²) in [7, 11) is 0. The predicted molar refractivity (Wildman–Crippen MR) is 84.0 cm³/mol. The van der Waals surface area contributed by atoms with E-state index in [-0.39, 0.29) is 0 Å². The monoisotopic (exact) mass is 283 g/mol. The van der Waals surface area contributed by atoms with Crippen molar-refractivity contribution in [1.82, 2.24) is 0 Å². The number of hydrogen-bond acceptors (Lipinski definition) is 3. The Bertz CT molecular complexity index is 569. The molecule has 2 rings (SSSR count). The first-order chi connectivity index (χ1) is 9.78. The summed E-state index contributed by atoms with van der Waals surface area (Å²) in [4.78, 5) is 0. The molecule has 3 heteroatoms. The van der Waals surface area contributed by atoms with Gasteiger partial charge in [0, 0.05) is 11.5 Å². The first-order valence-electron chi connectivity index (χ1n) is 6.54. The molecular formula is C17H17NOS. The van der Waals surface area contributed by atoms with Crippen LogP contribution in [0.1, 0.15) is 16.7 Å². The molecule has 102 valence electrons. The van der Waals surface area contributed by atoms with Crippen molar-refractivity contribution in [1.29, 1.82) is 5.26 Å². The lowest BCUT2D eigenvalue weighted by atomic mass is 10.2.